The van der Waals surface area contributed by atoms with Gasteiger partial charge < -0.3 is 41.0 Å². The van der Waals surface area contributed by atoms with Gasteiger partial charge >= 0.3 is 0 Å². The van der Waals surface area contributed by atoms with Crippen molar-refractivity contribution < 1.29 is 48.5 Å². The zero-order chi connectivity index (χ0) is 26.4. The van der Waals surface area contributed by atoms with Gasteiger partial charge in [-0.25, -0.2) is 0 Å². The first kappa shape index (κ1) is 30.1. The molecule has 14 nitrogen and oxygen atoms in total. The quantitative estimate of drug-likeness (QED) is 0.220. The maximum absolute atomic E-state index is 12.6. The number of Topliss-reactive ketones (excluding diaryl/α,β-unsaturated/α-hetero) is 2. The highest BCUT2D eigenvalue weighted by atomic mass is 16.5. The summed E-state index contributed by atoms with van der Waals surface area (Å²) in [5.74, 6) is -5.17. The molecule has 0 radical (unpaired) electrons. The van der Waals surface area contributed by atoms with Crippen LogP contribution in [0.3, 0.4) is 0 Å². The number of hydrogen-bond acceptors (Lipinski definition) is 10. The summed E-state index contributed by atoms with van der Waals surface area (Å²) in [4.78, 5) is 73.3. The van der Waals surface area contributed by atoms with Gasteiger partial charge in [-0.15, -0.1) is 0 Å². The number of carbonyl (C=O) groups excluding carboxylic acids is 6. The lowest BCUT2D eigenvalue weighted by atomic mass is 9.97. The van der Waals surface area contributed by atoms with Gasteiger partial charge in [-0.05, 0) is 13.8 Å². The van der Waals surface area contributed by atoms with Gasteiger partial charge in [0.15, 0.2) is 5.78 Å². The van der Waals surface area contributed by atoms with Crippen molar-refractivity contribution in [3.05, 3.63) is 0 Å². The second kappa shape index (κ2) is 15.9. The third kappa shape index (κ3) is 11.8. The minimum absolute atomic E-state index is 0.0448. The molecule has 35 heavy (non-hydrogen) atoms. The van der Waals surface area contributed by atoms with E-state index in [0.29, 0.717) is 0 Å². The van der Waals surface area contributed by atoms with E-state index in [-0.39, 0.29) is 32.8 Å². The van der Waals surface area contributed by atoms with Crippen LogP contribution in [0.1, 0.15) is 26.7 Å². The molecule has 0 aliphatic carbocycles. The summed E-state index contributed by atoms with van der Waals surface area (Å²) >= 11 is 0. The fourth-order valence-corrected chi connectivity index (χ4v) is 3.08. The molecule has 1 rings (SSSR count). The lowest BCUT2D eigenvalue weighted by Crippen LogP contribution is -2.52. The number of carbonyl (C=O) groups is 6. The number of ether oxygens (including phenoxy) is 2. The van der Waals surface area contributed by atoms with E-state index in [1.54, 1.807) is 0 Å². The molecule has 6 N–H and O–H groups in total. The Labute approximate surface area is 202 Å². The van der Waals surface area contributed by atoms with Gasteiger partial charge in [-0.2, -0.15) is 0 Å². The van der Waals surface area contributed by atoms with Crippen LogP contribution in [-0.4, -0.2) is 110 Å². The van der Waals surface area contributed by atoms with Crippen LogP contribution in [0, 0.1) is 5.92 Å². The zero-order valence-electron chi connectivity index (χ0n) is 19.8. The molecule has 1 aliphatic heterocycles. The highest BCUT2D eigenvalue weighted by molar-refractivity contribution is 5.96. The molecule has 4 atom stereocenters. The number of aliphatic hydroxyl groups is 2. The first-order chi connectivity index (χ1) is 16.5. The lowest BCUT2D eigenvalue weighted by molar-refractivity contribution is -0.136. The fourth-order valence-electron chi connectivity index (χ4n) is 3.08. The number of rotatable bonds is 4. The van der Waals surface area contributed by atoms with Crippen LogP contribution < -0.4 is 21.3 Å². The molecule has 1 saturated heterocycles. The van der Waals surface area contributed by atoms with Gasteiger partial charge in [0, 0.05) is 19.4 Å². The van der Waals surface area contributed by atoms with Crippen molar-refractivity contribution in [3.8, 4) is 0 Å². The first-order valence-electron chi connectivity index (χ1n) is 11.2. The van der Waals surface area contributed by atoms with Crippen LogP contribution in [0.15, 0.2) is 0 Å². The van der Waals surface area contributed by atoms with Gasteiger partial charge in [0.1, 0.15) is 24.5 Å². The van der Waals surface area contributed by atoms with Crippen molar-refractivity contribution in [1.29, 1.82) is 0 Å². The summed E-state index contributed by atoms with van der Waals surface area (Å²) in [6.45, 7) is 1.16. The van der Waals surface area contributed by atoms with E-state index < -0.39 is 85.5 Å². The Balaban J connectivity index is 2.99. The predicted molar refractivity (Wildman–Crippen MR) is 119 cm³/mol. The predicted octanol–water partition coefficient (Wildman–Crippen LogP) is -3.84. The standard InChI is InChI=1S/C21H34N4O10/c1-12(27)7-15-21(33)23-9-17(29)16(10-26)25-19(31)11-35-6-5-34-4-3-22-20(32)14(13(2)28)8-18(30)24-15/h13-16,26,28H,3-11H2,1-2H3,(H,22,32)(H,23,33)(H,24,30)(H,25,31)/t13?,14-,15?,16-/m0/s1. The van der Waals surface area contributed by atoms with Gasteiger partial charge in [-0.1, -0.05) is 0 Å². The number of ketones is 2. The second-order valence-electron chi connectivity index (χ2n) is 8.02. The van der Waals surface area contributed by atoms with Gasteiger partial charge in [0.2, 0.25) is 23.6 Å². The Morgan fingerprint density at radius 1 is 0.971 bits per heavy atom. The highest BCUT2D eigenvalue weighted by Crippen LogP contribution is 2.10. The normalized spacial score (nSPS) is 25.8. The van der Waals surface area contributed by atoms with Crippen LogP contribution in [0.5, 0.6) is 0 Å². The molecule has 1 fully saturated rings. The average Bonchev–Trinajstić information content (AvgIpc) is 2.79. The van der Waals surface area contributed by atoms with E-state index in [9.17, 15) is 39.0 Å². The maximum atomic E-state index is 12.6. The third-order valence-electron chi connectivity index (χ3n) is 4.96. The van der Waals surface area contributed by atoms with Gasteiger partial charge in [0.25, 0.3) is 0 Å². The second-order valence-corrected chi connectivity index (χ2v) is 8.02. The van der Waals surface area contributed by atoms with E-state index in [4.69, 9.17) is 9.47 Å². The summed E-state index contributed by atoms with van der Waals surface area (Å²) in [5.41, 5.74) is 0. The summed E-state index contributed by atoms with van der Waals surface area (Å²) in [6, 6.07) is -2.65. The van der Waals surface area contributed by atoms with E-state index >= 15 is 0 Å². The summed E-state index contributed by atoms with van der Waals surface area (Å²) in [5, 5.41) is 28.8. The Bertz CT molecular complexity index is 773. The number of aliphatic hydroxyl groups excluding tert-OH is 2. The van der Waals surface area contributed by atoms with Crippen LogP contribution >= 0.6 is 0 Å². The van der Waals surface area contributed by atoms with Crippen molar-refractivity contribution in [3.63, 3.8) is 0 Å². The summed E-state index contributed by atoms with van der Waals surface area (Å²) in [7, 11) is 0. The van der Waals surface area contributed by atoms with E-state index in [0.717, 1.165) is 0 Å². The summed E-state index contributed by atoms with van der Waals surface area (Å²) in [6.07, 6.45) is -2.03. The highest BCUT2D eigenvalue weighted by Gasteiger charge is 2.30. The molecule has 14 heteroatoms. The number of amides is 4. The topological polar surface area (TPSA) is 209 Å². The average molecular weight is 503 g/mol. The van der Waals surface area contributed by atoms with Crippen LogP contribution in [0.2, 0.25) is 0 Å². The molecule has 0 aromatic rings. The minimum Gasteiger partial charge on any atom is -0.394 e. The van der Waals surface area contributed by atoms with Gasteiger partial charge in [0.05, 0.1) is 45.0 Å². The van der Waals surface area contributed by atoms with Crippen LogP contribution in [-0.2, 0) is 38.2 Å². The number of nitrogens with one attached hydrogen (secondary N) is 4. The van der Waals surface area contributed by atoms with Gasteiger partial charge in [-0.3, -0.25) is 28.8 Å². The molecule has 4 amide bonds. The third-order valence-corrected chi connectivity index (χ3v) is 4.96. The summed E-state index contributed by atoms with van der Waals surface area (Å²) < 4.78 is 10.4. The monoisotopic (exact) mass is 502 g/mol. The van der Waals surface area contributed by atoms with Crippen molar-refractivity contribution in [2.45, 2.75) is 44.9 Å². The Hall–Kier alpha value is -2.94. The van der Waals surface area contributed by atoms with E-state index in [2.05, 4.69) is 21.3 Å². The molecule has 198 valence electrons. The molecule has 0 aromatic carbocycles. The maximum Gasteiger partial charge on any atom is 0.246 e. The molecular formula is C21H34N4O10. The van der Waals surface area contributed by atoms with Crippen LogP contribution in [0.4, 0.5) is 0 Å². The van der Waals surface area contributed by atoms with E-state index in [1.807, 2.05) is 0 Å². The molecule has 0 bridgehead atoms. The SMILES string of the molecule is CC(=O)CC1NC(=O)C[C@@H](C(C)O)C(=O)NCCOCCOCC(=O)N[C@@H](CO)C(=O)CNC1=O. The smallest absolute Gasteiger partial charge is 0.246 e. The molecule has 0 saturated carbocycles. The molecule has 0 aromatic heterocycles. The van der Waals surface area contributed by atoms with Crippen molar-refractivity contribution in [2.24, 2.45) is 5.92 Å². The number of hydrogen-bond donors (Lipinski definition) is 6. The van der Waals surface area contributed by atoms with Crippen molar-refractivity contribution >= 4 is 35.2 Å². The first-order valence-corrected chi connectivity index (χ1v) is 11.2. The lowest BCUT2D eigenvalue weighted by Gasteiger charge is -2.22. The molecule has 0 spiro atoms. The van der Waals surface area contributed by atoms with Crippen molar-refractivity contribution in [1.82, 2.24) is 21.3 Å². The largest absolute Gasteiger partial charge is 0.394 e. The Morgan fingerprint density at radius 2 is 1.63 bits per heavy atom. The van der Waals surface area contributed by atoms with Crippen molar-refractivity contribution in [2.75, 3.05) is 46.1 Å². The zero-order valence-corrected chi connectivity index (χ0v) is 19.8. The Morgan fingerprint density at radius 3 is 2.26 bits per heavy atom. The van der Waals surface area contributed by atoms with E-state index in [1.165, 1.54) is 13.8 Å². The molecule has 1 aliphatic rings. The molecular weight excluding hydrogens is 468 g/mol. The Kier molecular flexibility index (Phi) is 13.6. The minimum atomic E-state index is -1.34. The fraction of sp³-hybridized carbons (Fsp3) is 0.714. The molecule has 1 heterocycles. The van der Waals surface area contributed by atoms with Crippen LogP contribution in [0.25, 0.3) is 0 Å². The molecule has 2 unspecified atom stereocenters.